The molecule has 1 aliphatic heterocycles. The maximum absolute atomic E-state index is 11.0. The van der Waals surface area contributed by atoms with Crippen LogP contribution in [-0.2, 0) is 14.3 Å². The monoisotopic (exact) mass is 172 g/mol. The minimum atomic E-state index is -0.266. The lowest BCUT2D eigenvalue weighted by Crippen LogP contribution is -2.25. The molecule has 1 atom stereocenters. The molecule has 3 heteroatoms. The first kappa shape index (κ1) is 9.52. The van der Waals surface area contributed by atoms with Crippen LogP contribution < -0.4 is 0 Å². The predicted octanol–water partition coefficient (Wildman–Crippen LogP) is 1.86. The summed E-state index contributed by atoms with van der Waals surface area (Å²) in [4.78, 5) is 11.0. The van der Waals surface area contributed by atoms with Gasteiger partial charge in [0.15, 0.2) is 0 Å². The summed E-state index contributed by atoms with van der Waals surface area (Å²) < 4.78 is 10.3. The van der Waals surface area contributed by atoms with E-state index in [1.54, 1.807) is 0 Å². The summed E-state index contributed by atoms with van der Waals surface area (Å²) in [6.45, 7) is 2.69. The second-order valence-electron chi connectivity index (χ2n) is 3.04. The van der Waals surface area contributed by atoms with Crippen LogP contribution in [0.3, 0.4) is 0 Å². The molecule has 1 heterocycles. The van der Waals surface area contributed by atoms with Crippen molar-refractivity contribution < 1.29 is 14.3 Å². The summed E-state index contributed by atoms with van der Waals surface area (Å²) in [5, 5.41) is 0. The van der Waals surface area contributed by atoms with Crippen molar-refractivity contribution in [1.29, 1.82) is 0 Å². The normalized spacial score (nSPS) is 23.6. The van der Waals surface area contributed by atoms with Crippen molar-refractivity contribution in [3.8, 4) is 0 Å². The number of esters is 1. The van der Waals surface area contributed by atoms with Crippen LogP contribution in [-0.4, -0.2) is 18.9 Å². The maximum atomic E-state index is 11.0. The molecule has 1 fully saturated rings. The first-order valence-electron chi connectivity index (χ1n) is 4.64. The van der Waals surface area contributed by atoms with Crippen molar-refractivity contribution in [3.63, 3.8) is 0 Å². The Morgan fingerprint density at radius 3 is 3.00 bits per heavy atom. The Labute approximate surface area is 73.0 Å². The Morgan fingerprint density at radius 1 is 1.58 bits per heavy atom. The summed E-state index contributed by atoms with van der Waals surface area (Å²) in [5.41, 5.74) is 0. The quantitative estimate of drug-likeness (QED) is 0.609. The van der Waals surface area contributed by atoms with Gasteiger partial charge in [-0.25, -0.2) is 0 Å². The molecule has 0 amide bonds. The number of hydrogen-bond acceptors (Lipinski definition) is 3. The average Bonchev–Trinajstić information content (AvgIpc) is 2.06. The Hall–Kier alpha value is -0.570. The third-order valence-electron chi connectivity index (χ3n) is 1.85. The second kappa shape index (κ2) is 5.14. The third-order valence-corrected chi connectivity index (χ3v) is 1.85. The lowest BCUT2D eigenvalue weighted by atomic mass is 10.2. The van der Waals surface area contributed by atoms with Crippen molar-refractivity contribution in [3.05, 3.63) is 0 Å². The highest BCUT2D eigenvalue weighted by Gasteiger charge is 2.17. The highest BCUT2D eigenvalue weighted by Crippen LogP contribution is 2.14. The van der Waals surface area contributed by atoms with Crippen molar-refractivity contribution in [2.24, 2.45) is 0 Å². The van der Waals surface area contributed by atoms with E-state index in [1.807, 2.05) is 6.92 Å². The summed E-state index contributed by atoms with van der Waals surface area (Å²) in [7, 11) is 0. The predicted molar refractivity (Wildman–Crippen MR) is 44.6 cm³/mol. The van der Waals surface area contributed by atoms with Gasteiger partial charge in [-0.2, -0.15) is 0 Å². The van der Waals surface area contributed by atoms with Gasteiger partial charge < -0.3 is 9.47 Å². The van der Waals surface area contributed by atoms with Crippen LogP contribution in [0.5, 0.6) is 0 Å². The smallest absolute Gasteiger partial charge is 0.308 e. The topological polar surface area (TPSA) is 35.5 Å². The van der Waals surface area contributed by atoms with Gasteiger partial charge in [0.2, 0.25) is 6.29 Å². The first-order chi connectivity index (χ1) is 5.83. The van der Waals surface area contributed by atoms with E-state index in [1.165, 1.54) is 0 Å². The van der Waals surface area contributed by atoms with Gasteiger partial charge in [-0.1, -0.05) is 6.92 Å². The van der Waals surface area contributed by atoms with E-state index in [4.69, 9.17) is 9.47 Å². The van der Waals surface area contributed by atoms with E-state index in [2.05, 4.69) is 0 Å². The highest BCUT2D eigenvalue weighted by molar-refractivity contribution is 5.69. The number of rotatable bonds is 3. The van der Waals surface area contributed by atoms with Gasteiger partial charge in [-0.15, -0.1) is 0 Å². The van der Waals surface area contributed by atoms with E-state index in [9.17, 15) is 4.79 Å². The molecule has 0 bridgehead atoms. The zero-order chi connectivity index (χ0) is 8.81. The fraction of sp³-hybridized carbons (Fsp3) is 0.889. The molecule has 0 aromatic heterocycles. The number of carbonyl (C=O) groups is 1. The fourth-order valence-electron chi connectivity index (χ4n) is 1.21. The van der Waals surface area contributed by atoms with Gasteiger partial charge in [0.1, 0.15) is 0 Å². The van der Waals surface area contributed by atoms with E-state index in [-0.39, 0.29) is 12.3 Å². The average molecular weight is 172 g/mol. The molecule has 0 aliphatic carbocycles. The van der Waals surface area contributed by atoms with E-state index < -0.39 is 0 Å². The Morgan fingerprint density at radius 2 is 2.42 bits per heavy atom. The van der Waals surface area contributed by atoms with Gasteiger partial charge in [-0.05, 0) is 19.3 Å². The van der Waals surface area contributed by atoms with Gasteiger partial charge in [0.25, 0.3) is 0 Å². The van der Waals surface area contributed by atoms with E-state index >= 15 is 0 Å². The summed E-state index contributed by atoms with van der Waals surface area (Å²) in [6, 6.07) is 0. The van der Waals surface area contributed by atoms with Gasteiger partial charge in [0.05, 0.1) is 6.61 Å². The van der Waals surface area contributed by atoms with Crippen LogP contribution in [0.4, 0.5) is 0 Å². The molecule has 0 unspecified atom stereocenters. The maximum Gasteiger partial charge on any atom is 0.308 e. The lowest BCUT2D eigenvalue weighted by molar-refractivity contribution is -0.186. The molecule has 1 aliphatic rings. The molecular weight excluding hydrogens is 156 g/mol. The second-order valence-corrected chi connectivity index (χ2v) is 3.04. The molecule has 0 radical (unpaired) electrons. The largest absolute Gasteiger partial charge is 0.436 e. The number of ether oxygens (including phenoxy) is 2. The molecule has 0 aromatic rings. The van der Waals surface area contributed by atoms with E-state index in [0.29, 0.717) is 6.42 Å². The zero-order valence-corrected chi connectivity index (χ0v) is 7.54. The van der Waals surface area contributed by atoms with Crippen LogP contribution in [0.2, 0.25) is 0 Å². The molecule has 70 valence electrons. The van der Waals surface area contributed by atoms with Crippen LogP contribution in [0.25, 0.3) is 0 Å². The SMILES string of the molecule is CCCC(=O)O[C@@H]1CCCCO1. The Balaban J connectivity index is 2.15. The van der Waals surface area contributed by atoms with Gasteiger partial charge in [-0.3, -0.25) is 4.79 Å². The summed E-state index contributed by atoms with van der Waals surface area (Å²) in [6.07, 6.45) is 4.12. The summed E-state index contributed by atoms with van der Waals surface area (Å²) >= 11 is 0. The molecule has 0 N–H and O–H groups in total. The van der Waals surface area contributed by atoms with Crippen molar-refractivity contribution in [1.82, 2.24) is 0 Å². The Bertz CT molecular complexity index is 139. The molecule has 3 nitrogen and oxygen atoms in total. The third kappa shape index (κ3) is 3.22. The zero-order valence-electron chi connectivity index (χ0n) is 7.54. The molecule has 0 spiro atoms. The van der Waals surface area contributed by atoms with Gasteiger partial charge in [0, 0.05) is 12.8 Å². The van der Waals surface area contributed by atoms with Crippen LogP contribution in [0.1, 0.15) is 39.0 Å². The molecule has 1 rings (SSSR count). The van der Waals surface area contributed by atoms with E-state index in [0.717, 1.165) is 32.3 Å². The minimum absolute atomic E-state index is 0.135. The van der Waals surface area contributed by atoms with Crippen molar-refractivity contribution >= 4 is 5.97 Å². The number of carbonyl (C=O) groups excluding carboxylic acids is 1. The minimum Gasteiger partial charge on any atom is -0.436 e. The lowest BCUT2D eigenvalue weighted by Gasteiger charge is -2.22. The molecule has 0 saturated carbocycles. The van der Waals surface area contributed by atoms with Crippen molar-refractivity contribution in [2.45, 2.75) is 45.3 Å². The molecular formula is C9H16O3. The highest BCUT2D eigenvalue weighted by atomic mass is 16.7. The Kier molecular flexibility index (Phi) is 4.08. The summed E-state index contributed by atoms with van der Waals surface area (Å²) in [5.74, 6) is -0.135. The fourth-order valence-corrected chi connectivity index (χ4v) is 1.21. The van der Waals surface area contributed by atoms with Crippen LogP contribution in [0, 0.1) is 0 Å². The number of hydrogen-bond donors (Lipinski definition) is 0. The standard InChI is InChI=1S/C9H16O3/c1-2-5-8(10)12-9-6-3-4-7-11-9/h9H,2-7H2,1H3/t9-/m1/s1. The molecule has 1 saturated heterocycles. The molecule has 12 heavy (non-hydrogen) atoms. The van der Waals surface area contributed by atoms with Crippen LogP contribution >= 0.6 is 0 Å². The first-order valence-corrected chi connectivity index (χ1v) is 4.64. The van der Waals surface area contributed by atoms with Gasteiger partial charge >= 0.3 is 5.97 Å². The molecule has 0 aromatic carbocycles. The van der Waals surface area contributed by atoms with Crippen molar-refractivity contribution in [2.75, 3.05) is 6.61 Å². The van der Waals surface area contributed by atoms with Crippen LogP contribution in [0.15, 0.2) is 0 Å².